The number of hydrogen-bond donors (Lipinski definition) is 1. The van der Waals surface area contributed by atoms with Crippen LogP contribution in [-0.2, 0) is 0 Å². The van der Waals surface area contributed by atoms with E-state index in [4.69, 9.17) is 0 Å². The van der Waals surface area contributed by atoms with Gasteiger partial charge in [0.05, 0.1) is 0 Å². The van der Waals surface area contributed by atoms with E-state index in [2.05, 4.69) is 33.7 Å². The van der Waals surface area contributed by atoms with E-state index < -0.39 is 42.4 Å². The summed E-state index contributed by atoms with van der Waals surface area (Å²) in [6.07, 6.45) is 0. The zero-order valence-electron chi connectivity index (χ0n) is 11.0. The van der Waals surface area contributed by atoms with Crippen LogP contribution in [0, 0.1) is 0 Å². The summed E-state index contributed by atoms with van der Waals surface area (Å²) in [5.41, 5.74) is -0.585. The van der Waals surface area contributed by atoms with E-state index in [0.717, 1.165) is 0 Å². The topological polar surface area (TPSA) is 20.2 Å². The molecule has 0 aliphatic heterocycles. The molecule has 84 valence electrons. The standard InChI is InChI=1S/C5H8O.6CH3.2Sn/c1-4-5(2,3)6;;;;;;;;/h1,6H,2-3H3;6*1H3;;. The van der Waals surface area contributed by atoms with Gasteiger partial charge in [0.1, 0.15) is 0 Å². The molecule has 0 atom stereocenters. The van der Waals surface area contributed by atoms with Crippen molar-refractivity contribution in [2.24, 2.45) is 0 Å². The van der Waals surface area contributed by atoms with Crippen LogP contribution >= 0.6 is 0 Å². The molecule has 0 heterocycles. The number of aliphatic hydroxyl groups is 1. The van der Waals surface area contributed by atoms with Crippen molar-refractivity contribution in [3.8, 4) is 0 Å². The molecule has 0 aliphatic carbocycles. The number of hydrogen-bond acceptors (Lipinski definition) is 1. The van der Waals surface area contributed by atoms with Crippen molar-refractivity contribution in [3.05, 3.63) is 7.68 Å². The fraction of sp³-hybridized carbons (Fsp3) is 0.818. The Balaban J connectivity index is 5.26. The second-order valence-corrected chi connectivity index (χ2v) is 35.4. The van der Waals surface area contributed by atoms with Crippen molar-refractivity contribution in [3.63, 3.8) is 0 Å². The van der Waals surface area contributed by atoms with Crippen LogP contribution in [0.25, 0.3) is 0 Å². The van der Waals surface area contributed by atoms with Crippen LogP contribution in [0.5, 0.6) is 0 Å². The summed E-state index contributed by atoms with van der Waals surface area (Å²) >= 11 is -4.02. The van der Waals surface area contributed by atoms with Gasteiger partial charge in [0.15, 0.2) is 0 Å². The average Bonchev–Trinajstić information content (AvgIpc) is 1.75. The van der Waals surface area contributed by atoms with Crippen molar-refractivity contribution < 1.29 is 5.11 Å². The van der Waals surface area contributed by atoms with Gasteiger partial charge in [-0.25, -0.2) is 0 Å². The van der Waals surface area contributed by atoms with Gasteiger partial charge in [-0.3, -0.25) is 0 Å². The summed E-state index contributed by atoms with van der Waals surface area (Å²) in [5, 5.41) is 10.2. The molecule has 3 heteroatoms. The zero-order valence-corrected chi connectivity index (χ0v) is 16.7. The van der Waals surface area contributed by atoms with Crippen molar-refractivity contribution in [2.45, 2.75) is 49.1 Å². The second-order valence-electron chi connectivity index (χ2n) is 6.73. The van der Waals surface area contributed by atoms with Crippen LogP contribution in [0.15, 0.2) is 7.68 Å². The molecule has 0 radical (unpaired) electrons. The molecule has 0 aromatic carbocycles. The first-order valence-electron chi connectivity index (χ1n) is 5.30. The van der Waals surface area contributed by atoms with Gasteiger partial charge in [-0.15, -0.1) is 0 Å². The molecule has 1 nitrogen and oxygen atoms in total. The monoisotopic (exact) mass is 414 g/mol. The fourth-order valence-electron chi connectivity index (χ4n) is 1.74. The molecule has 0 saturated carbocycles. The first-order chi connectivity index (χ1) is 5.84. The fourth-order valence-corrected chi connectivity index (χ4v) is 28.3. The Kier molecular flexibility index (Phi) is 5.09. The predicted octanol–water partition coefficient (Wildman–Crippen LogP) is 3.44. The van der Waals surface area contributed by atoms with Crippen molar-refractivity contribution in [2.75, 3.05) is 0 Å². The summed E-state index contributed by atoms with van der Waals surface area (Å²) in [4.78, 5) is 14.4. The average molecular weight is 412 g/mol. The van der Waals surface area contributed by atoms with Crippen LogP contribution < -0.4 is 0 Å². The van der Waals surface area contributed by atoms with E-state index in [1.54, 1.807) is 0 Å². The third-order valence-electron chi connectivity index (χ3n) is 2.04. The van der Waals surface area contributed by atoms with Crippen molar-refractivity contribution in [1.82, 2.24) is 0 Å². The number of rotatable bonds is 3. The van der Waals surface area contributed by atoms with Gasteiger partial charge >= 0.3 is 98.6 Å². The summed E-state index contributed by atoms with van der Waals surface area (Å²) in [6, 6.07) is 0. The molecule has 0 rings (SSSR count). The van der Waals surface area contributed by atoms with E-state index in [1.165, 1.54) is 3.59 Å². The van der Waals surface area contributed by atoms with Crippen molar-refractivity contribution >= 4 is 36.8 Å². The van der Waals surface area contributed by atoms with Gasteiger partial charge in [-0.1, -0.05) is 0 Å². The molecule has 0 fully saturated rings. The third-order valence-corrected chi connectivity index (χ3v) is 14.5. The van der Waals surface area contributed by atoms with Gasteiger partial charge in [-0.05, 0) is 0 Å². The van der Waals surface area contributed by atoms with Crippen LogP contribution in [0.3, 0.4) is 0 Å². The molecular weight excluding hydrogens is 386 g/mol. The van der Waals surface area contributed by atoms with E-state index in [-0.39, 0.29) is 0 Å². The molecule has 0 saturated heterocycles. The molecule has 0 unspecified atom stereocenters. The van der Waals surface area contributed by atoms with Gasteiger partial charge in [0.25, 0.3) is 0 Å². The molecule has 0 aromatic rings. The first kappa shape index (κ1) is 15.3. The summed E-state index contributed by atoms with van der Waals surface area (Å²) in [5.74, 6) is 0. The minimum absolute atomic E-state index is 0.585. The van der Waals surface area contributed by atoms with Gasteiger partial charge < -0.3 is 0 Å². The molecule has 0 aliphatic rings. The molecule has 0 spiro atoms. The van der Waals surface area contributed by atoms with Crippen LogP contribution in [0.2, 0.25) is 29.6 Å². The second kappa shape index (κ2) is 4.66. The van der Waals surface area contributed by atoms with E-state index in [1.807, 2.05) is 13.8 Å². The predicted molar refractivity (Wildman–Crippen MR) is 71.1 cm³/mol. The Morgan fingerprint density at radius 2 is 1.36 bits per heavy atom. The maximum atomic E-state index is 10.2. The Hall–Kier alpha value is 1.30. The van der Waals surface area contributed by atoms with Gasteiger partial charge in [0.2, 0.25) is 0 Å². The Labute approximate surface area is 97.7 Å². The molecule has 0 aromatic heterocycles. The molecule has 0 bridgehead atoms. The molecule has 1 N–H and O–H groups in total. The van der Waals surface area contributed by atoms with Gasteiger partial charge in [0, 0.05) is 0 Å². The van der Waals surface area contributed by atoms with Crippen molar-refractivity contribution in [1.29, 1.82) is 0 Å². The first-order valence-corrected chi connectivity index (χ1v) is 25.5. The van der Waals surface area contributed by atoms with E-state index in [9.17, 15) is 5.11 Å². The molecular formula is C11H26OSn2. The Morgan fingerprint density at radius 3 is 1.43 bits per heavy atom. The van der Waals surface area contributed by atoms with E-state index in [0.29, 0.717) is 0 Å². The van der Waals surface area contributed by atoms with Crippen LogP contribution in [0.1, 0.15) is 13.8 Å². The normalized spacial score (nSPS) is 15.9. The summed E-state index contributed by atoms with van der Waals surface area (Å²) in [6.45, 7) is 3.89. The summed E-state index contributed by atoms with van der Waals surface area (Å²) in [7, 11) is 0. The summed E-state index contributed by atoms with van der Waals surface area (Å²) < 4.78 is 3.90. The van der Waals surface area contributed by atoms with E-state index >= 15 is 0 Å². The molecule has 0 amide bonds. The third kappa shape index (κ3) is 6.01. The van der Waals surface area contributed by atoms with Crippen LogP contribution in [-0.4, -0.2) is 47.5 Å². The Bertz CT molecular complexity index is 207. The Morgan fingerprint density at radius 1 is 1.00 bits per heavy atom. The maximum absolute atomic E-state index is 10.2. The van der Waals surface area contributed by atoms with Gasteiger partial charge in [-0.2, -0.15) is 0 Å². The minimum atomic E-state index is -2.11. The van der Waals surface area contributed by atoms with Crippen LogP contribution in [0.4, 0.5) is 0 Å². The molecule has 14 heavy (non-hydrogen) atoms. The zero-order chi connectivity index (χ0) is 11.8. The SMILES string of the molecule is CC(C)(O)/[C](=[CH]/[Sn]([CH3])([CH3])[CH3])[Sn]([CH3])([CH3])[CH3]. The quantitative estimate of drug-likeness (QED) is 0.705.